The number of rotatable bonds is 2. The topological polar surface area (TPSA) is 15.6 Å². The van der Waals surface area contributed by atoms with Crippen LogP contribution in [0.5, 0.6) is 0 Å². The molecule has 2 heteroatoms. The molecule has 1 fully saturated rings. The van der Waals surface area contributed by atoms with Crippen molar-refractivity contribution in [3.05, 3.63) is 0 Å². The SMILES string of the molecule is CC(C)/N=C1/CCCN1C(C)C. The molecule has 0 atom stereocenters. The average molecular weight is 168 g/mol. The van der Waals surface area contributed by atoms with Crippen LogP contribution in [0.25, 0.3) is 0 Å². The van der Waals surface area contributed by atoms with E-state index < -0.39 is 0 Å². The summed E-state index contributed by atoms with van der Waals surface area (Å²) in [6, 6.07) is 1.06. The molecule has 0 aliphatic carbocycles. The van der Waals surface area contributed by atoms with Crippen LogP contribution in [0.1, 0.15) is 40.5 Å². The first-order valence-corrected chi connectivity index (χ1v) is 4.94. The van der Waals surface area contributed by atoms with Crippen molar-refractivity contribution in [2.45, 2.75) is 52.6 Å². The minimum absolute atomic E-state index is 0.444. The van der Waals surface area contributed by atoms with E-state index >= 15 is 0 Å². The zero-order valence-electron chi connectivity index (χ0n) is 8.67. The smallest absolute Gasteiger partial charge is 0.0995 e. The van der Waals surface area contributed by atoms with Crippen LogP contribution < -0.4 is 0 Å². The van der Waals surface area contributed by atoms with E-state index in [9.17, 15) is 0 Å². The van der Waals surface area contributed by atoms with Gasteiger partial charge in [0.25, 0.3) is 0 Å². The van der Waals surface area contributed by atoms with E-state index in [-0.39, 0.29) is 0 Å². The molecule has 0 aromatic heterocycles. The van der Waals surface area contributed by atoms with E-state index in [2.05, 4.69) is 37.6 Å². The zero-order chi connectivity index (χ0) is 9.14. The van der Waals surface area contributed by atoms with E-state index in [0.717, 1.165) is 0 Å². The second-order valence-corrected chi connectivity index (χ2v) is 4.03. The number of nitrogens with zero attached hydrogens (tertiary/aromatic N) is 2. The van der Waals surface area contributed by atoms with Crippen molar-refractivity contribution >= 4 is 5.84 Å². The Hall–Kier alpha value is -0.530. The Labute approximate surface area is 75.7 Å². The van der Waals surface area contributed by atoms with Crippen LogP contribution >= 0.6 is 0 Å². The lowest BCUT2D eigenvalue weighted by atomic mass is 10.3. The fraction of sp³-hybridized carbons (Fsp3) is 0.900. The van der Waals surface area contributed by atoms with Crippen molar-refractivity contribution in [3.8, 4) is 0 Å². The Balaban J connectivity index is 2.63. The maximum absolute atomic E-state index is 4.62. The van der Waals surface area contributed by atoms with Gasteiger partial charge in [-0.05, 0) is 34.1 Å². The van der Waals surface area contributed by atoms with Gasteiger partial charge in [0.05, 0.1) is 5.84 Å². The number of likely N-dealkylation sites (tertiary alicyclic amines) is 1. The Morgan fingerprint density at radius 1 is 1.25 bits per heavy atom. The summed E-state index contributed by atoms with van der Waals surface area (Å²) in [5.74, 6) is 1.32. The quantitative estimate of drug-likeness (QED) is 0.617. The molecule has 1 aliphatic rings. The predicted octanol–water partition coefficient (Wildman–Crippen LogP) is 2.30. The van der Waals surface area contributed by atoms with Crippen LogP contribution in [0.3, 0.4) is 0 Å². The van der Waals surface area contributed by atoms with Crippen molar-refractivity contribution < 1.29 is 0 Å². The largest absolute Gasteiger partial charge is 0.358 e. The molecule has 70 valence electrons. The third-order valence-corrected chi connectivity index (χ3v) is 2.16. The van der Waals surface area contributed by atoms with Gasteiger partial charge in [0.15, 0.2) is 0 Å². The van der Waals surface area contributed by atoms with Crippen molar-refractivity contribution in [2.75, 3.05) is 6.54 Å². The molecular formula is C10H20N2. The van der Waals surface area contributed by atoms with Gasteiger partial charge in [-0.2, -0.15) is 0 Å². The van der Waals surface area contributed by atoms with E-state index in [1.807, 2.05) is 0 Å². The summed E-state index contributed by atoms with van der Waals surface area (Å²) in [4.78, 5) is 7.04. The molecule has 0 bridgehead atoms. The molecule has 1 aliphatic heterocycles. The normalized spacial score (nSPS) is 21.8. The zero-order valence-corrected chi connectivity index (χ0v) is 8.67. The Bertz CT molecular complexity index is 171. The number of aliphatic imine (C=N–C) groups is 1. The van der Waals surface area contributed by atoms with Crippen LogP contribution in [0.4, 0.5) is 0 Å². The third-order valence-electron chi connectivity index (χ3n) is 2.16. The summed E-state index contributed by atoms with van der Waals surface area (Å²) < 4.78 is 0. The fourth-order valence-electron chi connectivity index (χ4n) is 1.67. The van der Waals surface area contributed by atoms with Crippen molar-refractivity contribution in [2.24, 2.45) is 4.99 Å². The molecule has 1 rings (SSSR count). The van der Waals surface area contributed by atoms with Gasteiger partial charge in [-0.15, -0.1) is 0 Å². The summed E-state index contributed by atoms with van der Waals surface area (Å²) in [5, 5.41) is 0. The van der Waals surface area contributed by atoms with Crippen LogP contribution in [0.15, 0.2) is 4.99 Å². The summed E-state index contributed by atoms with van der Waals surface area (Å²) >= 11 is 0. The first-order valence-electron chi connectivity index (χ1n) is 4.94. The first-order chi connectivity index (χ1) is 5.61. The fourth-order valence-corrected chi connectivity index (χ4v) is 1.67. The Morgan fingerprint density at radius 2 is 1.92 bits per heavy atom. The number of amidine groups is 1. The van der Waals surface area contributed by atoms with Gasteiger partial charge < -0.3 is 4.90 Å². The van der Waals surface area contributed by atoms with Gasteiger partial charge in [0.2, 0.25) is 0 Å². The molecule has 1 heterocycles. The maximum atomic E-state index is 4.62. The summed E-state index contributed by atoms with van der Waals surface area (Å²) in [7, 11) is 0. The van der Waals surface area contributed by atoms with E-state index in [1.165, 1.54) is 25.2 Å². The second kappa shape index (κ2) is 3.92. The summed E-state index contributed by atoms with van der Waals surface area (Å²) in [6.07, 6.45) is 2.46. The molecule has 0 aromatic carbocycles. The highest BCUT2D eigenvalue weighted by Gasteiger charge is 2.20. The summed E-state index contributed by atoms with van der Waals surface area (Å²) in [6.45, 7) is 9.96. The van der Waals surface area contributed by atoms with E-state index in [1.54, 1.807) is 0 Å². The first kappa shape index (κ1) is 9.56. The van der Waals surface area contributed by atoms with E-state index in [4.69, 9.17) is 0 Å². The van der Waals surface area contributed by atoms with Gasteiger partial charge >= 0.3 is 0 Å². The highest BCUT2D eigenvalue weighted by molar-refractivity contribution is 5.84. The van der Waals surface area contributed by atoms with E-state index in [0.29, 0.717) is 12.1 Å². The molecule has 12 heavy (non-hydrogen) atoms. The number of hydrogen-bond donors (Lipinski definition) is 0. The molecule has 1 saturated heterocycles. The maximum Gasteiger partial charge on any atom is 0.0995 e. The van der Waals surface area contributed by atoms with Crippen molar-refractivity contribution in [3.63, 3.8) is 0 Å². The number of hydrogen-bond acceptors (Lipinski definition) is 1. The molecule has 0 saturated carbocycles. The van der Waals surface area contributed by atoms with Gasteiger partial charge in [0.1, 0.15) is 0 Å². The second-order valence-electron chi connectivity index (χ2n) is 4.03. The highest BCUT2D eigenvalue weighted by Crippen LogP contribution is 2.15. The van der Waals surface area contributed by atoms with Gasteiger partial charge in [0, 0.05) is 25.0 Å². The van der Waals surface area contributed by atoms with Crippen LogP contribution in [0, 0.1) is 0 Å². The molecule has 0 amide bonds. The Morgan fingerprint density at radius 3 is 2.42 bits per heavy atom. The van der Waals surface area contributed by atoms with Crippen LogP contribution in [0.2, 0.25) is 0 Å². The lowest BCUT2D eigenvalue weighted by Crippen LogP contribution is -2.32. The van der Waals surface area contributed by atoms with Crippen LogP contribution in [-0.4, -0.2) is 29.4 Å². The third kappa shape index (κ3) is 2.23. The molecule has 0 N–H and O–H groups in total. The lowest BCUT2D eigenvalue weighted by molar-refractivity contribution is 0.376. The molecule has 0 aromatic rings. The monoisotopic (exact) mass is 168 g/mol. The van der Waals surface area contributed by atoms with Crippen molar-refractivity contribution in [1.29, 1.82) is 0 Å². The summed E-state index contributed by atoms with van der Waals surface area (Å²) in [5.41, 5.74) is 0. The molecule has 2 nitrogen and oxygen atoms in total. The molecule has 0 unspecified atom stereocenters. The Kier molecular flexibility index (Phi) is 3.12. The standard InChI is InChI=1S/C10H20N2/c1-8(2)11-10-6-5-7-12(10)9(3)4/h8-9H,5-7H2,1-4H3/b11-10-. The van der Waals surface area contributed by atoms with Gasteiger partial charge in [-0.3, -0.25) is 4.99 Å². The van der Waals surface area contributed by atoms with Gasteiger partial charge in [-0.1, -0.05) is 0 Å². The van der Waals surface area contributed by atoms with Crippen LogP contribution in [-0.2, 0) is 0 Å². The lowest BCUT2D eigenvalue weighted by Gasteiger charge is -2.23. The molecular weight excluding hydrogens is 148 g/mol. The average Bonchev–Trinajstić information content (AvgIpc) is 2.33. The minimum atomic E-state index is 0.444. The van der Waals surface area contributed by atoms with Gasteiger partial charge in [-0.25, -0.2) is 0 Å². The molecule has 0 spiro atoms. The predicted molar refractivity (Wildman–Crippen MR) is 53.6 cm³/mol. The highest BCUT2D eigenvalue weighted by atomic mass is 15.2. The molecule has 0 radical (unpaired) electrons. The van der Waals surface area contributed by atoms with Crippen molar-refractivity contribution in [1.82, 2.24) is 4.90 Å². The minimum Gasteiger partial charge on any atom is -0.358 e.